The molecule has 0 atom stereocenters. The molecule has 66 valence electrons. The molecule has 0 fully saturated rings. The highest BCUT2D eigenvalue weighted by Gasteiger charge is 2.04. The Bertz CT molecular complexity index is 439. The van der Waals surface area contributed by atoms with Crippen molar-refractivity contribution in [3.63, 3.8) is 0 Å². The second-order valence-electron chi connectivity index (χ2n) is 2.60. The van der Waals surface area contributed by atoms with E-state index in [0.29, 0.717) is 6.54 Å². The minimum atomic E-state index is 0. The molecule has 2 rings (SSSR count). The van der Waals surface area contributed by atoms with Crippen LogP contribution in [0.2, 0.25) is 0 Å². The summed E-state index contributed by atoms with van der Waals surface area (Å²) in [5.41, 5.74) is 1.12. The lowest BCUT2D eigenvalue weighted by molar-refractivity contribution is -0.658. The number of hydrogen-bond acceptors (Lipinski definition) is 0. The summed E-state index contributed by atoms with van der Waals surface area (Å²) in [5.74, 6) is 2.61. The molecule has 0 aliphatic heterocycles. The first-order valence-electron chi connectivity index (χ1n) is 3.80. The van der Waals surface area contributed by atoms with E-state index in [-0.39, 0.29) is 17.0 Å². The Balaban J connectivity index is 0.000000845. The molecule has 0 saturated carbocycles. The SMILES string of the molecule is C#CC[n+]1ccn2ccccc21.[Br-]. The smallest absolute Gasteiger partial charge is 0.286 e. The van der Waals surface area contributed by atoms with Crippen LogP contribution in [-0.4, -0.2) is 4.40 Å². The van der Waals surface area contributed by atoms with E-state index in [9.17, 15) is 0 Å². The van der Waals surface area contributed by atoms with E-state index in [1.807, 2.05) is 45.8 Å². The lowest BCUT2D eigenvalue weighted by atomic mass is 10.5. The molecule has 2 nitrogen and oxygen atoms in total. The maximum atomic E-state index is 5.23. The number of pyridine rings is 1. The predicted molar refractivity (Wildman–Crippen MR) is 46.4 cm³/mol. The summed E-state index contributed by atoms with van der Waals surface area (Å²) in [5, 5.41) is 0. The van der Waals surface area contributed by atoms with Crippen molar-refractivity contribution in [2.45, 2.75) is 6.54 Å². The van der Waals surface area contributed by atoms with Gasteiger partial charge in [-0.15, -0.1) is 6.42 Å². The summed E-state index contributed by atoms with van der Waals surface area (Å²) >= 11 is 0. The second kappa shape index (κ2) is 4.11. The standard InChI is InChI=1S/C10H9N2.BrH/c1-2-6-11-8-9-12-7-4-3-5-10(11)12;/h1,3-5,7-9H,6H2;1H/q+1;/p-1. The van der Waals surface area contributed by atoms with E-state index in [4.69, 9.17) is 6.42 Å². The number of rotatable bonds is 1. The summed E-state index contributed by atoms with van der Waals surface area (Å²) in [6.45, 7) is 0.626. The summed E-state index contributed by atoms with van der Waals surface area (Å²) in [6, 6.07) is 6.03. The Morgan fingerprint density at radius 1 is 1.38 bits per heavy atom. The molecule has 0 aliphatic rings. The van der Waals surface area contributed by atoms with Crippen molar-refractivity contribution in [1.29, 1.82) is 0 Å². The molecule has 0 aliphatic carbocycles. The topological polar surface area (TPSA) is 8.29 Å². The van der Waals surface area contributed by atoms with Crippen molar-refractivity contribution >= 4 is 5.65 Å². The van der Waals surface area contributed by atoms with Gasteiger partial charge in [0, 0.05) is 6.07 Å². The maximum absolute atomic E-state index is 5.23. The number of imidazole rings is 1. The van der Waals surface area contributed by atoms with Crippen molar-refractivity contribution in [2.24, 2.45) is 0 Å². The Kier molecular flexibility index (Phi) is 3.10. The Labute approximate surface area is 87.6 Å². The first-order chi connectivity index (χ1) is 5.92. The molecule has 0 amide bonds. The van der Waals surface area contributed by atoms with Gasteiger partial charge in [-0.3, -0.25) is 0 Å². The van der Waals surface area contributed by atoms with Crippen molar-refractivity contribution in [2.75, 3.05) is 0 Å². The zero-order valence-corrected chi connectivity index (χ0v) is 8.61. The van der Waals surface area contributed by atoms with Gasteiger partial charge in [-0.05, 0) is 6.07 Å². The van der Waals surface area contributed by atoms with Crippen LogP contribution in [0.3, 0.4) is 0 Å². The Hall–Kier alpha value is -1.27. The molecule has 2 aromatic heterocycles. The molecule has 0 spiro atoms. The van der Waals surface area contributed by atoms with Gasteiger partial charge in [-0.25, -0.2) is 8.97 Å². The first-order valence-corrected chi connectivity index (χ1v) is 3.80. The van der Waals surface area contributed by atoms with Crippen molar-refractivity contribution in [3.05, 3.63) is 36.8 Å². The van der Waals surface area contributed by atoms with Crippen LogP contribution in [0.1, 0.15) is 0 Å². The highest BCUT2D eigenvalue weighted by molar-refractivity contribution is 5.30. The average molecular weight is 237 g/mol. The van der Waals surface area contributed by atoms with Gasteiger partial charge in [-0.2, -0.15) is 0 Å². The van der Waals surface area contributed by atoms with E-state index in [1.54, 1.807) is 0 Å². The summed E-state index contributed by atoms with van der Waals surface area (Å²) in [4.78, 5) is 0. The van der Waals surface area contributed by atoms with Gasteiger partial charge in [-0.1, -0.05) is 12.0 Å². The van der Waals surface area contributed by atoms with Crippen LogP contribution in [-0.2, 0) is 6.54 Å². The molecule has 0 saturated heterocycles. The fraction of sp³-hybridized carbons (Fsp3) is 0.100. The van der Waals surface area contributed by atoms with Gasteiger partial charge in [0.25, 0.3) is 5.65 Å². The number of halogens is 1. The third-order valence-electron chi connectivity index (χ3n) is 1.83. The third-order valence-corrected chi connectivity index (χ3v) is 1.83. The van der Waals surface area contributed by atoms with Gasteiger partial charge in [0.1, 0.15) is 12.4 Å². The molecule has 0 aromatic carbocycles. The molecule has 2 aromatic rings. The van der Waals surface area contributed by atoms with E-state index >= 15 is 0 Å². The largest absolute Gasteiger partial charge is 1.00 e. The highest BCUT2D eigenvalue weighted by Crippen LogP contribution is 1.95. The quantitative estimate of drug-likeness (QED) is 0.395. The molecule has 0 bridgehead atoms. The number of aromatic nitrogens is 2. The predicted octanol–water partition coefficient (Wildman–Crippen LogP) is -2.14. The highest BCUT2D eigenvalue weighted by atomic mass is 79.9. The molecular weight excluding hydrogens is 228 g/mol. The summed E-state index contributed by atoms with van der Waals surface area (Å²) in [7, 11) is 0. The van der Waals surface area contributed by atoms with E-state index < -0.39 is 0 Å². The Morgan fingerprint density at radius 2 is 2.23 bits per heavy atom. The van der Waals surface area contributed by atoms with Gasteiger partial charge >= 0.3 is 0 Å². The summed E-state index contributed by atoms with van der Waals surface area (Å²) < 4.78 is 4.07. The van der Waals surface area contributed by atoms with Crippen LogP contribution in [0.15, 0.2) is 36.8 Å². The van der Waals surface area contributed by atoms with Gasteiger partial charge in [0.2, 0.25) is 0 Å². The first kappa shape index (κ1) is 9.82. The average Bonchev–Trinajstić information content (AvgIpc) is 2.50. The lowest BCUT2D eigenvalue weighted by Gasteiger charge is -1.88. The fourth-order valence-corrected chi connectivity index (χ4v) is 1.28. The monoisotopic (exact) mass is 236 g/mol. The Morgan fingerprint density at radius 3 is 3.00 bits per heavy atom. The van der Waals surface area contributed by atoms with Crippen LogP contribution in [0, 0.1) is 12.3 Å². The number of hydrogen-bond donors (Lipinski definition) is 0. The van der Waals surface area contributed by atoms with Crippen molar-refractivity contribution < 1.29 is 21.5 Å². The zero-order valence-electron chi connectivity index (χ0n) is 7.02. The van der Waals surface area contributed by atoms with Crippen LogP contribution in [0.5, 0.6) is 0 Å². The van der Waals surface area contributed by atoms with Crippen molar-refractivity contribution in [3.8, 4) is 12.3 Å². The summed E-state index contributed by atoms with van der Waals surface area (Å²) in [6.07, 6.45) is 11.2. The molecule has 0 radical (unpaired) electrons. The molecular formula is C10H9BrN2. The fourth-order valence-electron chi connectivity index (χ4n) is 1.28. The van der Waals surface area contributed by atoms with Crippen LogP contribution in [0.25, 0.3) is 5.65 Å². The normalized spacial score (nSPS) is 9.15. The number of nitrogens with zero attached hydrogens (tertiary/aromatic N) is 2. The molecule has 2 heterocycles. The zero-order chi connectivity index (χ0) is 8.39. The third kappa shape index (κ3) is 1.73. The molecule has 3 heteroatoms. The number of fused-ring (bicyclic) bond motifs is 1. The van der Waals surface area contributed by atoms with E-state index in [1.165, 1.54) is 0 Å². The van der Waals surface area contributed by atoms with E-state index in [0.717, 1.165) is 5.65 Å². The lowest BCUT2D eigenvalue weighted by Crippen LogP contribution is -3.00. The van der Waals surface area contributed by atoms with Crippen LogP contribution < -0.4 is 21.5 Å². The van der Waals surface area contributed by atoms with Gasteiger partial charge in [0.05, 0.1) is 6.20 Å². The molecule has 13 heavy (non-hydrogen) atoms. The van der Waals surface area contributed by atoms with E-state index in [2.05, 4.69) is 5.92 Å². The minimum Gasteiger partial charge on any atom is -1.00 e. The van der Waals surface area contributed by atoms with Gasteiger partial charge in [0.15, 0.2) is 6.54 Å². The van der Waals surface area contributed by atoms with Gasteiger partial charge < -0.3 is 17.0 Å². The van der Waals surface area contributed by atoms with Crippen molar-refractivity contribution in [1.82, 2.24) is 4.40 Å². The molecule has 0 N–H and O–H groups in total. The molecule has 0 unspecified atom stereocenters. The van der Waals surface area contributed by atoms with Crippen LogP contribution >= 0.6 is 0 Å². The maximum Gasteiger partial charge on any atom is 0.286 e. The van der Waals surface area contributed by atoms with Crippen LogP contribution in [0.4, 0.5) is 0 Å². The minimum absolute atomic E-state index is 0. The number of terminal acetylenes is 1. The second-order valence-corrected chi connectivity index (χ2v) is 2.60.